The first-order valence-corrected chi connectivity index (χ1v) is 12.4. The number of nitrogens with zero attached hydrogens (tertiary/aromatic N) is 4. The van der Waals surface area contributed by atoms with Gasteiger partial charge >= 0.3 is 0 Å². The number of aryl methyl sites for hydroxylation is 1. The molecule has 8 nitrogen and oxygen atoms in total. The van der Waals surface area contributed by atoms with Gasteiger partial charge in [0, 0.05) is 31.1 Å². The van der Waals surface area contributed by atoms with E-state index in [1.54, 1.807) is 10.5 Å². The van der Waals surface area contributed by atoms with E-state index in [0.717, 1.165) is 18.5 Å². The Hall–Kier alpha value is -2.26. The van der Waals surface area contributed by atoms with E-state index in [0.29, 0.717) is 35.9 Å². The summed E-state index contributed by atoms with van der Waals surface area (Å²) in [5.74, 6) is 1.86. The average Bonchev–Trinajstić information content (AvgIpc) is 2.98. The molecule has 2 aromatic heterocycles. The molecular weight excluding hydrogens is 416 g/mol. The summed E-state index contributed by atoms with van der Waals surface area (Å²) in [5, 5.41) is 0. The van der Waals surface area contributed by atoms with Crippen molar-refractivity contribution >= 4 is 10.0 Å². The molecule has 0 amide bonds. The van der Waals surface area contributed by atoms with Gasteiger partial charge in [-0.25, -0.2) is 18.4 Å². The first-order chi connectivity index (χ1) is 14.7. The number of aromatic nitrogens is 3. The van der Waals surface area contributed by atoms with Crippen LogP contribution in [0.5, 0.6) is 17.5 Å². The van der Waals surface area contributed by atoms with E-state index in [9.17, 15) is 8.42 Å². The standard InChI is InChI=1S/C22H30N4O4S/c1-14(2)12-31(27,28)26-17-7-8-18(26)11-19(10-17)29-21-15(3)22(25-13-24-21)30-20-6-5-9-23-16(20)4/h5-6,9,13-14,17-19H,7-8,10-12H2,1-4H3. The summed E-state index contributed by atoms with van der Waals surface area (Å²) in [7, 11) is -3.24. The molecule has 2 bridgehead atoms. The molecule has 4 rings (SSSR count). The van der Waals surface area contributed by atoms with Crippen LogP contribution in [0.3, 0.4) is 0 Å². The predicted molar refractivity (Wildman–Crippen MR) is 117 cm³/mol. The highest BCUT2D eigenvalue weighted by Gasteiger charge is 2.47. The second-order valence-electron chi connectivity index (χ2n) is 8.90. The number of hydrogen-bond donors (Lipinski definition) is 0. The summed E-state index contributed by atoms with van der Waals surface area (Å²) >= 11 is 0. The third-order valence-electron chi connectivity index (χ3n) is 5.92. The smallest absolute Gasteiger partial charge is 0.229 e. The predicted octanol–water partition coefficient (Wildman–Crippen LogP) is 3.64. The highest BCUT2D eigenvalue weighted by molar-refractivity contribution is 7.89. The number of rotatable bonds is 7. The van der Waals surface area contributed by atoms with Crippen molar-refractivity contribution in [2.45, 2.75) is 71.6 Å². The maximum atomic E-state index is 12.9. The van der Waals surface area contributed by atoms with Crippen LogP contribution in [0.15, 0.2) is 24.7 Å². The Morgan fingerprint density at radius 2 is 1.77 bits per heavy atom. The van der Waals surface area contributed by atoms with Crippen LogP contribution in [0.4, 0.5) is 0 Å². The van der Waals surface area contributed by atoms with E-state index in [1.165, 1.54) is 6.33 Å². The van der Waals surface area contributed by atoms with Crippen molar-refractivity contribution in [2.75, 3.05) is 5.75 Å². The van der Waals surface area contributed by atoms with Crippen molar-refractivity contribution in [3.63, 3.8) is 0 Å². The molecule has 2 fully saturated rings. The van der Waals surface area contributed by atoms with Crippen LogP contribution < -0.4 is 9.47 Å². The molecule has 2 atom stereocenters. The zero-order chi connectivity index (χ0) is 22.2. The summed E-state index contributed by atoms with van der Waals surface area (Å²) in [4.78, 5) is 12.8. The molecule has 9 heteroatoms. The molecule has 31 heavy (non-hydrogen) atoms. The van der Waals surface area contributed by atoms with Gasteiger partial charge in [-0.15, -0.1) is 0 Å². The molecule has 0 spiro atoms. The van der Waals surface area contributed by atoms with Crippen molar-refractivity contribution in [1.82, 2.24) is 19.3 Å². The fourth-order valence-electron chi connectivity index (χ4n) is 4.62. The van der Waals surface area contributed by atoms with Gasteiger partial charge in [-0.3, -0.25) is 4.98 Å². The van der Waals surface area contributed by atoms with Gasteiger partial charge < -0.3 is 9.47 Å². The number of sulfonamides is 1. The summed E-state index contributed by atoms with van der Waals surface area (Å²) in [6, 6.07) is 3.66. The molecule has 4 heterocycles. The fourth-order valence-corrected chi connectivity index (χ4v) is 6.93. The van der Waals surface area contributed by atoms with Gasteiger partial charge in [0.2, 0.25) is 21.8 Å². The van der Waals surface area contributed by atoms with Gasteiger partial charge in [-0.05, 0) is 44.7 Å². The summed E-state index contributed by atoms with van der Waals surface area (Å²) in [6.07, 6.45) is 6.19. The lowest BCUT2D eigenvalue weighted by Crippen LogP contribution is -2.50. The normalized spacial score (nSPS) is 23.8. The zero-order valence-electron chi connectivity index (χ0n) is 18.5. The Balaban J connectivity index is 1.47. The maximum Gasteiger partial charge on any atom is 0.229 e. The minimum Gasteiger partial charge on any atom is -0.474 e. The molecule has 2 aliphatic heterocycles. The Bertz CT molecular complexity index is 1030. The first kappa shape index (κ1) is 22.0. The lowest BCUT2D eigenvalue weighted by molar-refractivity contribution is 0.0906. The summed E-state index contributed by atoms with van der Waals surface area (Å²) < 4.78 is 39.7. The molecule has 0 aliphatic carbocycles. The molecule has 2 saturated heterocycles. The molecule has 0 saturated carbocycles. The number of ether oxygens (including phenoxy) is 2. The van der Waals surface area contributed by atoms with Crippen LogP contribution in [0.25, 0.3) is 0 Å². The first-order valence-electron chi connectivity index (χ1n) is 10.8. The Labute approximate surface area is 184 Å². The van der Waals surface area contributed by atoms with Crippen molar-refractivity contribution in [1.29, 1.82) is 0 Å². The topological polar surface area (TPSA) is 94.5 Å². The average molecular weight is 447 g/mol. The maximum absolute atomic E-state index is 12.9. The van der Waals surface area contributed by atoms with E-state index < -0.39 is 10.0 Å². The number of pyridine rings is 1. The minimum atomic E-state index is -3.24. The third-order valence-corrected chi connectivity index (χ3v) is 8.25. The molecule has 2 aliphatic rings. The van der Waals surface area contributed by atoms with Crippen LogP contribution in [0.2, 0.25) is 0 Å². The van der Waals surface area contributed by atoms with E-state index in [4.69, 9.17) is 9.47 Å². The van der Waals surface area contributed by atoms with Gasteiger partial charge in [-0.2, -0.15) is 4.31 Å². The van der Waals surface area contributed by atoms with Gasteiger partial charge in [0.15, 0.2) is 5.75 Å². The molecule has 0 radical (unpaired) electrons. The van der Waals surface area contributed by atoms with Crippen LogP contribution >= 0.6 is 0 Å². The highest BCUT2D eigenvalue weighted by atomic mass is 32.2. The summed E-state index contributed by atoms with van der Waals surface area (Å²) in [5.41, 5.74) is 1.49. The quantitative estimate of drug-likeness (QED) is 0.641. The Kier molecular flexibility index (Phi) is 6.16. The van der Waals surface area contributed by atoms with E-state index in [2.05, 4.69) is 15.0 Å². The second-order valence-corrected chi connectivity index (χ2v) is 10.8. The SMILES string of the molecule is Cc1ncccc1Oc1ncnc(OC2CC3CCC(C2)N3S(=O)(=O)CC(C)C)c1C. The van der Waals surface area contributed by atoms with Crippen LogP contribution in [-0.2, 0) is 10.0 Å². The van der Waals surface area contributed by atoms with Crippen molar-refractivity contribution in [3.05, 3.63) is 35.9 Å². The second kappa shape index (κ2) is 8.70. The molecule has 0 N–H and O–H groups in total. The number of hydrogen-bond acceptors (Lipinski definition) is 7. The Morgan fingerprint density at radius 1 is 1.10 bits per heavy atom. The number of fused-ring (bicyclic) bond motifs is 2. The summed E-state index contributed by atoms with van der Waals surface area (Å²) in [6.45, 7) is 7.63. The van der Waals surface area contributed by atoms with Crippen molar-refractivity contribution in [2.24, 2.45) is 5.92 Å². The van der Waals surface area contributed by atoms with E-state index in [1.807, 2.05) is 39.8 Å². The lowest BCUT2D eigenvalue weighted by Gasteiger charge is -2.38. The molecule has 168 valence electrons. The zero-order valence-corrected chi connectivity index (χ0v) is 19.3. The number of piperidine rings is 1. The largest absolute Gasteiger partial charge is 0.474 e. The minimum absolute atomic E-state index is 0.00315. The fraction of sp³-hybridized carbons (Fsp3) is 0.591. The molecule has 2 aromatic rings. The van der Waals surface area contributed by atoms with E-state index >= 15 is 0 Å². The van der Waals surface area contributed by atoms with Crippen LogP contribution in [0, 0.1) is 19.8 Å². The lowest BCUT2D eigenvalue weighted by atomic mass is 10.0. The molecular formula is C22H30N4O4S. The van der Waals surface area contributed by atoms with Crippen molar-refractivity contribution < 1.29 is 17.9 Å². The van der Waals surface area contributed by atoms with Gasteiger partial charge in [0.25, 0.3) is 0 Å². The molecule has 2 unspecified atom stereocenters. The van der Waals surface area contributed by atoms with E-state index in [-0.39, 0.29) is 29.9 Å². The molecule has 0 aromatic carbocycles. The van der Waals surface area contributed by atoms with Crippen molar-refractivity contribution in [3.8, 4) is 17.5 Å². The highest BCUT2D eigenvalue weighted by Crippen LogP contribution is 2.40. The van der Waals surface area contributed by atoms with Crippen LogP contribution in [0.1, 0.15) is 50.8 Å². The van der Waals surface area contributed by atoms with Gasteiger partial charge in [-0.1, -0.05) is 13.8 Å². The monoisotopic (exact) mass is 446 g/mol. The van der Waals surface area contributed by atoms with Crippen LogP contribution in [-0.4, -0.2) is 51.6 Å². The van der Waals surface area contributed by atoms with Gasteiger partial charge in [0.1, 0.15) is 12.4 Å². The van der Waals surface area contributed by atoms with Gasteiger partial charge in [0.05, 0.1) is 17.0 Å². The Morgan fingerprint density at radius 3 is 2.42 bits per heavy atom. The third kappa shape index (κ3) is 4.67.